The summed E-state index contributed by atoms with van der Waals surface area (Å²) < 4.78 is 32.4. The first kappa shape index (κ1) is 18.0. The lowest BCUT2D eigenvalue weighted by atomic mass is 10.0. The molecule has 2 aromatic rings. The molecule has 0 amide bonds. The van der Waals surface area contributed by atoms with Crippen LogP contribution in [0, 0.1) is 11.3 Å². The Morgan fingerprint density at radius 1 is 1.19 bits per heavy atom. The van der Waals surface area contributed by atoms with Gasteiger partial charge in [0.2, 0.25) is 0 Å². The summed E-state index contributed by atoms with van der Waals surface area (Å²) in [6, 6.07) is 14.8. The van der Waals surface area contributed by atoms with E-state index in [1.165, 1.54) is 35.5 Å². The van der Waals surface area contributed by atoms with Crippen molar-refractivity contribution in [2.75, 3.05) is 10.8 Å². The van der Waals surface area contributed by atoms with Gasteiger partial charge in [-0.3, -0.25) is 4.31 Å². The zero-order valence-electron chi connectivity index (χ0n) is 14.3. The molecule has 0 saturated heterocycles. The Morgan fingerprint density at radius 3 is 2.58 bits per heavy atom. The molecule has 2 aromatic carbocycles. The van der Waals surface area contributed by atoms with Crippen LogP contribution in [-0.2, 0) is 21.2 Å². The molecule has 0 aromatic heterocycles. The lowest BCUT2D eigenvalue weighted by Crippen LogP contribution is -2.35. The number of hydrogen-bond donors (Lipinski definition) is 0. The largest absolute Gasteiger partial charge is 0.444 e. The van der Waals surface area contributed by atoms with Crippen LogP contribution in [0.3, 0.4) is 0 Å². The minimum Gasteiger partial charge on any atom is -0.444 e. The first-order valence-corrected chi connectivity index (χ1v) is 9.69. The summed E-state index contributed by atoms with van der Waals surface area (Å²) in [5.74, 6) is -0.661. The molecule has 3 rings (SSSR count). The molecule has 134 valence electrons. The molecule has 0 radical (unpaired) electrons. The second-order valence-corrected chi connectivity index (χ2v) is 7.87. The minimum absolute atomic E-state index is 0.110. The number of benzene rings is 2. The number of esters is 1. The molecule has 0 N–H and O–H groups in total. The van der Waals surface area contributed by atoms with Crippen LogP contribution in [-0.4, -0.2) is 27.0 Å². The minimum atomic E-state index is -3.72. The summed E-state index contributed by atoms with van der Waals surface area (Å²) in [5.41, 5.74) is 1.91. The van der Waals surface area contributed by atoms with Gasteiger partial charge in [-0.2, -0.15) is 5.26 Å². The molecule has 0 saturated carbocycles. The van der Waals surface area contributed by atoms with Crippen LogP contribution >= 0.6 is 0 Å². The van der Waals surface area contributed by atoms with Crippen molar-refractivity contribution in [2.24, 2.45) is 0 Å². The Labute approximate surface area is 152 Å². The van der Waals surface area contributed by atoms with Gasteiger partial charge in [-0.25, -0.2) is 13.2 Å². The molecule has 1 aliphatic heterocycles. The number of carbonyl (C=O) groups excluding carboxylic acids is 1. The molecule has 1 heterocycles. The molecule has 0 spiro atoms. The number of fused-ring (bicyclic) bond motifs is 1. The molecule has 1 atom stereocenters. The molecule has 1 unspecified atom stereocenters. The maximum absolute atomic E-state index is 13.0. The van der Waals surface area contributed by atoms with Gasteiger partial charge < -0.3 is 4.74 Å². The molecule has 0 fully saturated rings. The van der Waals surface area contributed by atoms with Crippen LogP contribution < -0.4 is 4.31 Å². The summed E-state index contributed by atoms with van der Waals surface area (Å²) in [6.07, 6.45) is 0.743. The third kappa shape index (κ3) is 3.41. The highest BCUT2D eigenvalue weighted by Crippen LogP contribution is 2.31. The normalized spacial score (nSPS) is 14.8. The molecule has 1 aliphatic rings. The predicted molar refractivity (Wildman–Crippen MR) is 96.2 cm³/mol. The van der Waals surface area contributed by atoms with Crippen molar-refractivity contribution in [2.45, 2.75) is 30.8 Å². The molecular weight excluding hydrogens is 352 g/mol. The number of hydrogen-bond acceptors (Lipinski definition) is 5. The Bertz CT molecular complexity index is 962. The first-order chi connectivity index (χ1) is 12.4. The molecular formula is C19H18N2O4S. The third-order valence-electron chi connectivity index (χ3n) is 4.21. The summed E-state index contributed by atoms with van der Waals surface area (Å²) in [6.45, 7) is 1.88. The van der Waals surface area contributed by atoms with Crippen LogP contribution in [0.15, 0.2) is 53.4 Å². The maximum atomic E-state index is 13.0. The van der Waals surface area contributed by atoms with E-state index < -0.39 is 22.1 Å². The van der Waals surface area contributed by atoms with E-state index in [-0.39, 0.29) is 10.5 Å². The fourth-order valence-electron chi connectivity index (χ4n) is 2.89. The standard InChI is InChI=1S/C19H18N2O4S/c1-14(13-20)25-19(22)16-8-10-17(11-9-16)26(23,24)21-12-4-6-15-5-2-3-7-18(15)21/h2-3,5,7-11,14H,4,6,12H2,1H3. The number of rotatable bonds is 4. The van der Waals surface area contributed by atoms with E-state index in [1.807, 2.05) is 24.3 Å². The summed E-state index contributed by atoms with van der Waals surface area (Å²) in [7, 11) is -3.72. The molecule has 0 aliphatic carbocycles. The number of para-hydroxylation sites is 1. The van der Waals surface area contributed by atoms with Crippen molar-refractivity contribution in [1.82, 2.24) is 0 Å². The number of aryl methyl sites for hydroxylation is 1. The molecule has 0 bridgehead atoms. The number of anilines is 1. The fraction of sp³-hybridized carbons (Fsp3) is 0.263. The van der Waals surface area contributed by atoms with Crippen LogP contribution in [0.2, 0.25) is 0 Å². The number of sulfonamides is 1. The van der Waals surface area contributed by atoms with E-state index >= 15 is 0 Å². The van der Waals surface area contributed by atoms with Crippen molar-refractivity contribution in [3.8, 4) is 6.07 Å². The van der Waals surface area contributed by atoms with E-state index in [1.54, 1.807) is 6.07 Å². The van der Waals surface area contributed by atoms with Crippen molar-refractivity contribution in [3.05, 3.63) is 59.7 Å². The Morgan fingerprint density at radius 2 is 1.88 bits per heavy atom. The maximum Gasteiger partial charge on any atom is 0.339 e. The molecule has 6 nitrogen and oxygen atoms in total. The number of nitrogens with zero attached hydrogens (tertiary/aromatic N) is 2. The van der Waals surface area contributed by atoms with E-state index in [2.05, 4.69) is 0 Å². The van der Waals surface area contributed by atoms with E-state index in [0.717, 1.165) is 18.4 Å². The Balaban J connectivity index is 1.88. The SMILES string of the molecule is CC(C#N)OC(=O)c1ccc(S(=O)(=O)N2CCCc3ccccc32)cc1. The van der Waals surface area contributed by atoms with E-state index in [0.29, 0.717) is 12.2 Å². The average Bonchev–Trinajstić information content (AvgIpc) is 2.67. The van der Waals surface area contributed by atoms with Crippen molar-refractivity contribution in [3.63, 3.8) is 0 Å². The van der Waals surface area contributed by atoms with Crippen molar-refractivity contribution in [1.29, 1.82) is 5.26 Å². The van der Waals surface area contributed by atoms with Gasteiger partial charge in [0.1, 0.15) is 6.07 Å². The van der Waals surface area contributed by atoms with Crippen LogP contribution in [0.5, 0.6) is 0 Å². The van der Waals surface area contributed by atoms with Gasteiger partial charge in [0.05, 0.1) is 16.1 Å². The first-order valence-electron chi connectivity index (χ1n) is 8.25. The monoisotopic (exact) mass is 370 g/mol. The van der Waals surface area contributed by atoms with Crippen LogP contribution in [0.4, 0.5) is 5.69 Å². The van der Waals surface area contributed by atoms with Gasteiger partial charge in [0, 0.05) is 6.54 Å². The second kappa shape index (κ2) is 7.18. The quantitative estimate of drug-likeness (QED) is 0.772. The highest BCUT2D eigenvalue weighted by molar-refractivity contribution is 7.92. The predicted octanol–water partition coefficient (Wildman–Crippen LogP) is 2.90. The lowest BCUT2D eigenvalue weighted by Gasteiger charge is -2.30. The Hall–Kier alpha value is -2.85. The van der Waals surface area contributed by atoms with Crippen LogP contribution in [0.25, 0.3) is 0 Å². The van der Waals surface area contributed by atoms with Gasteiger partial charge in [-0.05, 0) is 55.7 Å². The van der Waals surface area contributed by atoms with Gasteiger partial charge in [0.25, 0.3) is 10.0 Å². The number of nitriles is 1. The van der Waals surface area contributed by atoms with Crippen molar-refractivity contribution < 1.29 is 17.9 Å². The summed E-state index contributed by atoms with van der Waals surface area (Å²) in [4.78, 5) is 12.0. The zero-order chi connectivity index (χ0) is 18.7. The van der Waals surface area contributed by atoms with Gasteiger partial charge in [0.15, 0.2) is 6.10 Å². The highest BCUT2D eigenvalue weighted by atomic mass is 32.2. The lowest BCUT2D eigenvalue weighted by molar-refractivity contribution is 0.0435. The topological polar surface area (TPSA) is 87.5 Å². The molecule has 26 heavy (non-hydrogen) atoms. The second-order valence-electron chi connectivity index (χ2n) is 6.01. The number of ether oxygens (including phenoxy) is 1. The average molecular weight is 370 g/mol. The van der Waals surface area contributed by atoms with Gasteiger partial charge >= 0.3 is 5.97 Å². The van der Waals surface area contributed by atoms with E-state index in [9.17, 15) is 13.2 Å². The van der Waals surface area contributed by atoms with E-state index in [4.69, 9.17) is 10.00 Å². The van der Waals surface area contributed by atoms with Crippen molar-refractivity contribution >= 4 is 21.7 Å². The van der Waals surface area contributed by atoms with Gasteiger partial charge in [-0.15, -0.1) is 0 Å². The Kier molecular flexibility index (Phi) is 4.96. The smallest absolute Gasteiger partial charge is 0.339 e. The summed E-state index contributed by atoms with van der Waals surface area (Å²) >= 11 is 0. The summed E-state index contributed by atoms with van der Waals surface area (Å²) in [5, 5.41) is 8.69. The zero-order valence-corrected chi connectivity index (χ0v) is 15.1. The highest BCUT2D eigenvalue weighted by Gasteiger charge is 2.29. The number of carbonyl (C=O) groups is 1. The van der Waals surface area contributed by atoms with Gasteiger partial charge in [-0.1, -0.05) is 18.2 Å². The molecule has 7 heteroatoms. The van der Waals surface area contributed by atoms with Crippen LogP contribution in [0.1, 0.15) is 29.3 Å². The fourth-order valence-corrected chi connectivity index (χ4v) is 4.43. The third-order valence-corrected chi connectivity index (χ3v) is 6.04.